The van der Waals surface area contributed by atoms with Crippen LogP contribution in [0, 0.1) is 5.92 Å². The number of pyridine rings is 1. The van der Waals surface area contributed by atoms with Crippen LogP contribution in [-0.4, -0.2) is 101 Å². The van der Waals surface area contributed by atoms with Crippen molar-refractivity contribution in [1.29, 1.82) is 0 Å². The minimum absolute atomic E-state index is 0.0301. The summed E-state index contributed by atoms with van der Waals surface area (Å²) in [4.78, 5) is 79.0. The number of carbonyl (C=O) groups is 5. The van der Waals surface area contributed by atoms with Crippen LogP contribution in [0.5, 0.6) is 11.5 Å². The smallest absolute Gasteiger partial charge is 0.408 e. The fraction of sp³-hybridized carbons (Fsp3) is 0.548. The first-order valence-corrected chi connectivity index (χ1v) is 22.9. The number of aromatic nitrogens is 2. The number of nitrogens with zero attached hydrogens (tertiary/aromatic N) is 3. The molecule has 1 saturated heterocycles. The van der Waals surface area contributed by atoms with Crippen LogP contribution in [0.15, 0.2) is 41.8 Å². The SMILES string of the molecule is COc1ccc2c(OC3CC4C(=O)NC(C)(C(=O)NS(=O)(=O)C5CC5)C(C)/C=C\CCCCCC(NC(=O)OC(C)(C)C)C(=O)N4C3)cc(-c3csc(NC(C)=O)n3)nc2c1. The Hall–Kier alpha value is -5.30. The van der Waals surface area contributed by atoms with Crippen molar-refractivity contribution in [3.63, 3.8) is 0 Å². The zero-order valence-corrected chi connectivity index (χ0v) is 37.2. The molecular formula is C42H55N7O10S2. The van der Waals surface area contributed by atoms with E-state index in [-0.39, 0.29) is 25.3 Å². The number of alkyl carbamates (subject to hydrolysis) is 1. The Labute approximate surface area is 359 Å². The molecule has 5 amide bonds. The maximum atomic E-state index is 14.7. The van der Waals surface area contributed by atoms with Gasteiger partial charge in [0.05, 0.1) is 30.1 Å². The molecule has 330 valence electrons. The van der Waals surface area contributed by atoms with Crippen LogP contribution in [0.25, 0.3) is 22.3 Å². The second-order valence-corrected chi connectivity index (χ2v) is 19.8. The molecule has 4 N–H and O–H groups in total. The molecule has 0 radical (unpaired) electrons. The van der Waals surface area contributed by atoms with Crippen molar-refractivity contribution in [1.82, 2.24) is 30.2 Å². The molecule has 5 unspecified atom stereocenters. The Bertz CT molecular complexity index is 2310. The molecule has 3 aromatic rings. The number of fused-ring (bicyclic) bond motifs is 2. The predicted octanol–water partition coefficient (Wildman–Crippen LogP) is 5.21. The summed E-state index contributed by atoms with van der Waals surface area (Å²) in [5, 5.41) is 10.3. The van der Waals surface area contributed by atoms with Gasteiger partial charge < -0.3 is 35.1 Å². The number of sulfonamides is 1. The third-order valence-electron chi connectivity index (χ3n) is 10.9. The summed E-state index contributed by atoms with van der Waals surface area (Å²) >= 11 is 1.23. The molecule has 0 spiro atoms. The number of amides is 5. The van der Waals surface area contributed by atoms with E-state index < -0.39 is 74.3 Å². The van der Waals surface area contributed by atoms with Crippen LogP contribution in [-0.2, 0) is 33.9 Å². The molecule has 6 rings (SSSR count). The number of nitrogens with one attached hydrogen (secondary N) is 4. The van der Waals surface area contributed by atoms with Crippen LogP contribution in [0.3, 0.4) is 0 Å². The van der Waals surface area contributed by atoms with Crippen molar-refractivity contribution < 1.29 is 46.6 Å². The first-order chi connectivity index (χ1) is 28.8. The average molecular weight is 882 g/mol. The summed E-state index contributed by atoms with van der Waals surface area (Å²) in [6.07, 6.45) is 5.90. The number of benzene rings is 1. The number of ether oxygens (including phenoxy) is 3. The van der Waals surface area contributed by atoms with Crippen molar-refractivity contribution in [2.45, 2.75) is 127 Å². The van der Waals surface area contributed by atoms with Gasteiger partial charge in [0.15, 0.2) is 5.13 Å². The lowest BCUT2D eigenvalue weighted by molar-refractivity contribution is -0.142. The highest BCUT2D eigenvalue weighted by Gasteiger charge is 2.49. The van der Waals surface area contributed by atoms with E-state index in [2.05, 4.69) is 25.7 Å². The quantitative estimate of drug-likeness (QED) is 0.204. The van der Waals surface area contributed by atoms with E-state index in [1.807, 2.05) is 6.08 Å². The zero-order chi connectivity index (χ0) is 44.3. The molecule has 5 atom stereocenters. The fourth-order valence-corrected chi connectivity index (χ4v) is 9.43. The molecule has 1 aromatic carbocycles. The van der Waals surface area contributed by atoms with E-state index >= 15 is 0 Å². The number of hydrogen-bond donors (Lipinski definition) is 4. The molecule has 3 aliphatic rings. The number of rotatable bonds is 9. The number of hydrogen-bond acceptors (Lipinski definition) is 13. The summed E-state index contributed by atoms with van der Waals surface area (Å²) in [6, 6.07) is 4.70. The van der Waals surface area contributed by atoms with Gasteiger partial charge in [-0.15, -0.1) is 11.3 Å². The lowest BCUT2D eigenvalue weighted by Crippen LogP contribution is -2.64. The van der Waals surface area contributed by atoms with Crippen LogP contribution >= 0.6 is 11.3 Å². The van der Waals surface area contributed by atoms with Crippen molar-refractivity contribution in [2.75, 3.05) is 19.0 Å². The lowest BCUT2D eigenvalue weighted by Gasteiger charge is -2.36. The van der Waals surface area contributed by atoms with Gasteiger partial charge in [-0.25, -0.2) is 23.2 Å². The van der Waals surface area contributed by atoms with Crippen LogP contribution in [0.4, 0.5) is 9.93 Å². The van der Waals surface area contributed by atoms with E-state index in [0.717, 1.165) is 12.8 Å². The van der Waals surface area contributed by atoms with Crippen molar-refractivity contribution in [3.05, 3.63) is 41.8 Å². The molecule has 19 heteroatoms. The molecule has 2 fully saturated rings. The van der Waals surface area contributed by atoms with E-state index in [1.54, 1.807) is 63.4 Å². The van der Waals surface area contributed by atoms with Gasteiger partial charge in [-0.2, -0.15) is 0 Å². The van der Waals surface area contributed by atoms with Crippen LogP contribution < -0.4 is 30.1 Å². The predicted molar refractivity (Wildman–Crippen MR) is 229 cm³/mol. The van der Waals surface area contributed by atoms with E-state index in [9.17, 15) is 32.4 Å². The Morgan fingerprint density at radius 1 is 1.03 bits per heavy atom. The number of carbonyl (C=O) groups excluding carboxylic acids is 5. The second kappa shape index (κ2) is 18.4. The van der Waals surface area contributed by atoms with Gasteiger partial charge in [-0.3, -0.25) is 23.9 Å². The fourth-order valence-electron chi connectivity index (χ4n) is 7.29. The third kappa shape index (κ3) is 11.2. The number of methoxy groups -OCH3 is 1. The number of thiazole rings is 1. The topological polar surface area (TPSA) is 224 Å². The third-order valence-corrected chi connectivity index (χ3v) is 13.5. The van der Waals surface area contributed by atoms with Crippen molar-refractivity contribution >= 4 is 67.1 Å². The molecule has 2 aromatic heterocycles. The highest BCUT2D eigenvalue weighted by molar-refractivity contribution is 7.91. The highest BCUT2D eigenvalue weighted by atomic mass is 32.2. The van der Waals surface area contributed by atoms with Crippen LogP contribution in [0.1, 0.15) is 92.9 Å². The summed E-state index contributed by atoms with van der Waals surface area (Å²) in [5.41, 5.74) is -1.19. The largest absolute Gasteiger partial charge is 0.497 e. The zero-order valence-electron chi connectivity index (χ0n) is 35.5. The highest BCUT2D eigenvalue weighted by Crippen LogP contribution is 2.36. The Morgan fingerprint density at radius 3 is 2.48 bits per heavy atom. The molecule has 1 saturated carbocycles. The van der Waals surface area contributed by atoms with Crippen LogP contribution in [0.2, 0.25) is 0 Å². The minimum Gasteiger partial charge on any atom is -0.497 e. The maximum absolute atomic E-state index is 14.7. The second-order valence-electron chi connectivity index (χ2n) is 17.0. The van der Waals surface area contributed by atoms with Crippen molar-refractivity contribution in [2.24, 2.45) is 5.92 Å². The molecule has 0 bridgehead atoms. The molecule has 4 heterocycles. The Morgan fingerprint density at radius 2 is 1.79 bits per heavy atom. The standard InChI is InChI=1S/C42H55N7O10S2/c1-24-13-11-9-8-10-12-14-30(46-40(54)59-41(3,4)5)37(52)49-22-27(20-34(49)36(51)47-42(24,6)38(53)48-61(55,56)28-16-17-28)58-35-21-32(33-23-60-39(45-33)43-25(2)50)44-31-19-26(57-7)15-18-29(31)35/h11,13,15,18-19,21,23-24,27-28,30,34H,8-10,12,14,16-17,20,22H2,1-7H3,(H,46,54)(H,47,51)(H,48,53)(H,43,45,50)/b13-11-. The van der Waals surface area contributed by atoms with E-state index in [1.165, 1.54) is 37.2 Å². The first-order valence-electron chi connectivity index (χ1n) is 20.5. The monoisotopic (exact) mass is 881 g/mol. The summed E-state index contributed by atoms with van der Waals surface area (Å²) in [6.45, 7) is 9.65. The summed E-state index contributed by atoms with van der Waals surface area (Å²) in [7, 11) is -2.44. The molecule has 17 nitrogen and oxygen atoms in total. The Balaban J connectivity index is 1.38. The summed E-state index contributed by atoms with van der Waals surface area (Å²) < 4.78 is 45.9. The molecule has 61 heavy (non-hydrogen) atoms. The van der Waals surface area contributed by atoms with Gasteiger partial charge in [-0.1, -0.05) is 31.9 Å². The number of anilines is 1. The summed E-state index contributed by atoms with van der Waals surface area (Å²) in [5.74, 6) is -2.17. The normalized spacial score (nSPS) is 24.7. The lowest BCUT2D eigenvalue weighted by atomic mass is 9.85. The van der Waals surface area contributed by atoms with E-state index in [4.69, 9.17) is 19.2 Å². The molecule has 1 aliphatic carbocycles. The van der Waals surface area contributed by atoms with E-state index in [0.29, 0.717) is 64.6 Å². The van der Waals surface area contributed by atoms with Gasteiger partial charge in [-0.05, 0) is 71.9 Å². The van der Waals surface area contributed by atoms with Gasteiger partial charge in [0.25, 0.3) is 5.91 Å². The Kier molecular flexibility index (Phi) is 13.6. The molecular weight excluding hydrogens is 827 g/mol. The maximum Gasteiger partial charge on any atom is 0.408 e. The minimum atomic E-state index is -3.98. The molecule has 2 aliphatic heterocycles. The van der Waals surface area contributed by atoms with Crippen molar-refractivity contribution in [3.8, 4) is 22.9 Å². The van der Waals surface area contributed by atoms with Gasteiger partial charge in [0.2, 0.25) is 27.7 Å². The van der Waals surface area contributed by atoms with Gasteiger partial charge >= 0.3 is 6.09 Å². The van der Waals surface area contributed by atoms with Gasteiger partial charge in [0, 0.05) is 42.2 Å². The average Bonchev–Trinajstić information content (AvgIpc) is 3.82. The number of allylic oxidation sites excluding steroid dienone is 1. The van der Waals surface area contributed by atoms with Gasteiger partial charge in [0.1, 0.15) is 46.5 Å². The first kappa shape index (κ1) is 45.2.